The standard InChI is InChI=1S/C23H20N6/c1-3-29-22(11-20(28-29)16-5-4-7-24-12-16)18-9-17-10-21(27-23(17)26-13-18)19-14-25-8-6-15(19)2/h4-14H,3H2,1-2H3,(H,26,27). The fourth-order valence-electron chi connectivity index (χ4n) is 3.59. The van der Waals surface area contributed by atoms with Crippen molar-refractivity contribution in [3.05, 3.63) is 72.9 Å². The third-order valence-electron chi connectivity index (χ3n) is 5.13. The fraction of sp³-hybridized carbons (Fsp3) is 0.130. The topological polar surface area (TPSA) is 72.3 Å². The molecule has 0 saturated carbocycles. The van der Waals surface area contributed by atoms with Crippen molar-refractivity contribution < 1.29 is 0 Å². The Morgan fingerprint density at radius 1 is 0.966 bits per heavy atom. The van der Waals surface area contributed by atoms with Crippen molar-refractivity contribution in [2.24, 2.45) is 0 Å². The first kappa shape index (κ1) is 17.3. The van der Waals surface area contributed by atoms with Gasteiger partial charge in [-0.3, -0.25) is 14.6 Å². The Bertz CT molecular complexity index is 1300. The van der Waals surface area contributed by atoms with Crippen LogP contribution in [-0.4, -0.2) is 29.7 Å². The highest BCUT2D eigenvalue weighted by Crippen LogP contribution is 2.30. The lowest BCUT2D eigenvalue weighted by Crippen LogP contribution is -1.99. The van der Waals surface area contributed by atoms with Crippen molar-refractivity contribution in [1.29, 1.82) is 0 Å². The molecular formula is C23H20N6. The number of rotatable bonds is 4. The molecule has 0 fully saturated rings. The molecule has 0 atom stereocenters. The first-order valence-electron chi connectivity index (χ1n) is 9.61. The smallest absolute Gasteiger partial charge is 0.137 e. The molecule has 6 heteroatoms. The Hall–Kier alpha value is -3.80. The molecule has 0 spiro atoms. The molecular weight excluding hydrogens is 360 g/mol. The summed E-state index contributed by atoms with van der Waals surface area (Å²) in [4.78, 5) is 16.5. The van der Waals surface area contributed by atoms with Gasteiger partial charge >= 0.3 is 0 Å². The quantitative estimate of drug-likeness (QED) is 0.482. The van der Waals surface area contributed by atoms with E-state index in [2.05, 4.69) is 52.0 Å². The summed E-state index contributed by atoms with van der Waals surface area (Å²) in [6, 6.07) is 12.3. The summed E-state index contributed by atoms with van der Waals surface area (Å²) in [5, 5.41) is 5.82. The number of hydrogen-bond acceptors (Lipinski definition) is 4. The molecule has 0 unspecified atom stereocenters. The molecule has 5 aromatic rings. The van der Waals surface area contributed by atoms with Gasteiger partial charge in [-0.05, 0) is 55.8 Å². The van der Waals surface area contributed by atoms with Crippen molar-refractivity contribution in [1.82, 2.24) is 29.7 Å². The summed E-state index contributed by atoms with van der Waals surface area (Å²) >= 11 is 0. The number of pyridine rings is 3. The highest BCUT2D eigenvalue weighted by molar-refractivity contribution is 5.87. The van der Waals surface area contributed by atoms with E-state index in [1.165, 1.54) is 5.56 Å². The average Bonchev–Trinajstić information content (AvgIpc) is 3.38. The van der Waals surface area contributed by atoms with E-state index in [9.17, 15) is 0 Å². The van der Waals surface area contributed by atoms with E-state index in [4.69, 9.17) is 5.10 Å². The minimum absolute atomic E-state index is 0.779. The lowest BCUT2D eigenvalue weighted by molar-refractivity contribution is 0.669. The van der Waals surface area contributed by atoms with Gasteiger partial charge in [0, 0.05) is 65.3 Å². The van der Waals surface area contributed by atoms with Crippen LogP contribution in [0.5, 0.6) is 0 Å². The molecule has 1 N–H and O–H groups in total. The number of aromatic amines is 1. The van der Waals surface area contributed by atoms with E-state index in [1.807, 2.05) is 47.7 Å². The summed E-state index contributed by atoms with van der Waals surface area (Å²) < 4.78 is 2.00. The second-order valence-electron chi connectivity index (χ2n) is 7.01. The summed E-state index contributed by atoms with van der Waals surface area (Å²) in [6.45, 7) is 4.96. The Balaban J connectivity index is 1.59. The Kier molecular flexibility index (Phi) is 4.17. The van der Waals surface area contributed by atoms with Crippen molar-refractivity contribution in [2.45, 2.75) is 20.4 Å². The molecule has 0 aromatic carbocycles. The van der Waals surface area contributed by atoms with Crippen LogP contribution < -0.4 is 0 Å². The second kappa shape index (κ2) is 6.98. The molecule has 5 aromatic heterocycles. The molecule has 6 nitrogen and oxygen atoms in total. The summed E-state index contributed by atoms with van der Waals surface area (Å²) in [5.74, 6) is 0. The Labute approximate surface area is 168 Å². The normalized spacial score (nSPS) is 11.2. The van der Waals surface area contributed by atoms with Crippen LogP contribution in [0.3, 0.4) is 0 Å². The molecule has 29 heavy (non-hydrogen) atoms. The van der Waals surface area contributed by atoms with Crippen LogP contribution in [0.25, 0.3) is 44.8 Å². The van der Waals surface area contributed by atoms with E-state index in [0.717, 1.165) is 51.4 Å². The molecule has 0 aliphatic rings. The number of nitrogens with zero attached hydrogens (tertiary/aromatic N) is 5. The van der Waals surface area contributed by atoms with E-state index < -0.39 is 0 Å². The Morgan fingerprint density at radius 3 is 2.66 bits per heavy atom. The van der Waals surface area contributed by atoms with E-state index >= 15 is 0 Å². The third kappa shape index (κ3) is 3.08. The molecule has 5 heterocycles. The van der Waals surface area contributed by atoms with Gasteiger partial charge in [-0.15, -0.1) is 0 Å². The zero-order valence-corrected chi connectivity index (χ0v) is 16.3. The largest absolute Gasteiger partial charge is 0.339 e. The average molecular weight is 380 g/mol. The first-order valence-corrected chi connectivity index (χ1v) is 9.61. The number of nitrogens with one attached hydrogen (secondary N) is 1. The summed E-state index contributed by atoms with van der Waals surface area (Å²) in [6.07, 6.45) is 9.19. The van der Waals surface area contributed by atoms with Gasteiger partial charge in [0.05, 0.1) is 11.4 Å². The van der Waals surface area contributed by atoms with E-state index in [0.29, 0.717) is 0 Å². The van der Waals surface area contributed by atoms with Crippen LogP contribution >= 0.6 is 0 Å². The lowest BCUT2D eigenvalue weighted by atomic mass is 10.1. The van der Waals surface area contributed by atoms with Gasteiger partial charge in [0.25, 0.3) is 0 Å². The van der Waals surface area contributed by atoms with Crippen LogP contribution in [0.15, 0.2) is 67.4 Å². The number of hydrogen-bond donors (Lipinski definition) is 1. The van der Waals surface area contributed by atoms with Gasteiger partial charge in [0.15, 0.2) is 0 Å². The van der Waals surface area contributed by atoms with E-state index in [1.54, 1.807) is 6.20 Å². The third-order valence-corrected chi connectivity index (χ3v) is 5.13. The molecule has 0 radical (unpaired) electrons. The molecule has 0 amide bonds. The van der Waals surface area contributed by atoms with Gasteiger partial charge in [-0.25, -0.2) is 4.98 Å². The van der Waals surface area contributed by atoms with Crippen molar-refractivity contribution in [2.75, 3.05) is 0 Å². The van der Waals surface area contributed by atoms with Crippen LogP contribution in [0, 0.1) is 6.92 Å². The van der Waals surface area contributed by atoms with Crippen LogP contribution in [0.4, 0.5) is 0 Å². The van der Waals surface area contributed by atoms with Crippen LogP contribution in [0.2, 0.25) is 0 Å². The van der Waals surface area contributed by atoms with Gasteiger partial charge in [0.1, 0.15) is 5.65 Å². The molecule has 0 aliphatic heterocycles. The van der Waals surface area contributed by atoms with Gasteiger partial charge in [0.2, 0.25) is 0 Å². The maximum Gasteiger partial charge on any atom is 0.137 e. The maximum atomic E-state index is 4.75. The van der Waals surface area contributed by atoms with E-state index in [-0.39, 0.29) is 0 Å². The zero-order chi connectivity index (χ0) is 19.8. The van der Waals surface area contributed by atoms with Crippen molar-refractivity contribution in [3.8, 4) is 33.8 Å². The highest BCUT2D eigenvalue weighted by Gasteiger charge is 2.13. The minimum atomic E-state index is 0.779. The molecule has 0 saturated heterocycles. The predicted octanol–water partition coefficient (Wildman–Crippen LogP) is 4.88. The number of aryl methyl sites for hydroxylation is 2. The summed E-state index contributed by atoms with van der Waals surface area (Å²) in [5.41, 5.74) is 8.15. The second-order valence-corrected chi connectivity index (χ2v) is 7.01. The highest BCUT2D eigenvalue weighted by atomic mass is 15.3. The monoisotopic (exact) mass is 380 g/mol. The maximum absolute atomic E-state index is 4.75. The van der Waals surface area contributed by atoms with Crippen LogP contribution in [-0.2, 0) is 6.54 Å². The zero-order valence-electron chi connectivity index (χ0n) is 16.3. The summed E-state index contributed by atoms with van der Waals surface area (Å²) in [7, 11) is 0. The minimum Gasteiger partial charge on any atom is -0.339 e. The molecule has 0 bridgehead atoms. The SMILES string of the molecule is CCn1nc(-c2cccnc2)cc1-c1cnc2[nH]c(-c3cnccc3C)cc2c1. The van der Waals surface area contributed by atoms with Crippen molar-refractivity contribution >= 4 is 11.0 Å². The predicted molar refractivity (Wildman–Crippen MR) is 114 cm³/mol. The first-order chi connectivity index (χ1) is 14.2. The fourth-order valence-corrected chi connectivity index (χ4v) is 3.59. The van der Waals surface area contributed by atoms with Crippen molar-refractivity contribution in [3.63, 3.8) is 0 Å². The molecule has 142 valence electrons. The number of fused-ring (bicyclic) bond motifs is 1. The molecule has 5 rings (SSSR count). The van der Waals surface area contributed by atoms with Gasteiger partial charge < -0.3 is 4.98 Å². The molecule has 0 aliphatic carbocycles. The van der Waals surface area contributed by atoms with Gasteiger partial charge in [-0.2, -0.15) is 5.10 Å². The lowest BCUT2D eigenvalue weighted by Gasteiger charge is -2.04. The Morgan fingerprint density at radius 2 is 1.86 bits per heavy atom. The van der Waals surface area contributed by atoms with Crippen LogP contribution in [0.1, 0.15) is 12.5 Å². The van der Waals surface area contributed by atoms with Gasteiger partial charge in [-0.1, -0.05) is 0 Å². The number of aromatic nitrogens is 6. The number of H-pyrrole nitrogens is 1.